The van der Waals surface area contributed by atoms with Crippen LogP contribution in [0.1, 0.15) is 22.5 Å². The number of piperazine rings is 1. The predicted molar refractivity (Wildman–Crippen MR) is 159 cm³/mol. The zero-order valence-electron chi connectivity index (χ0n) is 21.6. The Hall–Kier alpha value is -4.16. The minimum absolute atomic E-state index is 0.264. The summed E-state index contributed by atoms with van der Waals surface area (Å²) in [7, 11) is 0. The predicted octanol–water partition coefficient (Wildman–Crippen LogP) is 7.01. The van der Waals surface area contributed by atoms with Crippen LogP contribution in [0.2, 0.25) is 5.02 Å². The molecule has 0 aliphatic carbocycles. The zero-order valence-corrected chi connectivity index (χ0v) is 22.3. The highest BCUT2D eigenvalue weighted by atomic mass is 35.5. The van der Waals surface area contributed by atoms with Gasteiger partial charge in [-0.25, -0.2) is 4.79 Å². The molecule has 1 aliphatic rings. The Labute approximate surface area is 232 Å². The number of carboxylic acids is 1. The number of anilines is 2. The number of aryl methyl sites for hydroxylation is 1. The Balaban J connectivity index is 1.18. The van der Waals surface area contributed by atoms with Crippen LogP contribution in [0.3, 0.4) is 0 Å². The number of hydrogen-bond donors (Lipinski definition) is 2. The molecule has 198 valence electrons. The maximum atomic E-state index is 12.2. The van der Waals surface area contributed by atoms with Crippen LogP contribution in [0.5, 0.6) is 5.75 Å². The summed E-state index contributed by atoms with van der Waals surface area (Å²) < 4.78 is 6.12. The first-order chi connectivity index (χ1) is 19.1. The second-order valence-electron chi connectivity index (χ2n) is 9.87. The smallest absolute Gasteiger partial charge is 0.352 e. The van der Waals surface area contributed by atoms with E-state index in [4.69, 9.17) is 16.3 Å². The maximum absolute atomic E-state index is 12.2. The van der Waals surface area contributed by atoms with Gasteiger partial charge in [0.2, 0.25) is 0 Å². The van der Waals surface area contributed by atoms with Crippen molar-refractivity contribution in [3.05, 3.63) is 101 Å². The summed E-state index contributed by atoms with van der Waals surface area (Å²) in [6, 6.07) is 28.3. The van der Waals surface area contributed by atoms with Crippen LogP contribution in [-0.2, 0) is 6.42 Å². The SMILES string of the molecule is O=C(O)c1[nH]c2c(N3CCN(c4cccc(Cl)c4)CC3)cccc2c1CCCOc1cccc2ccccc12. The molecule has 2 N–H and O–H groups in total. The third kappa shape index (κ3) is 5.12. The van der Waals surface area contributed by atoms with E-state index >= 15 is 0 Å². The highest BCUT2D eigenvalue weighted by Crippen LogP contribution is 2.33. The maximum Gasteiger partial charge on any atom is 0.352 e. The van der Waals surface area contributed by atoms with Crippen molar-refractivity contribution in [1.29, 1.82) is 0 Å². The van der Waals surface area contributed by atoms with Gasteiger partial charge in [0.25, 0.3) is 0 Å². The summed E-state index contributed by atoms with van der Waals surface area (Å²) in [6.45, 7) is 3.90. The number of ether oxygens (including phenoxy) is 1. The second-order valence-corrected chi connectivity index (χ2v) is 10.3. The molecule has 4 aromatic carbocycles. The molecule has 39 heavy (non-hydrogen) atoms. The van der Waals surface area contributed by atoms with Crippen molar-refractivity contribution >= 4 is 50.6 Å². The first-order valence-electron chi connectivity index (χ1n) is 13.3. The van der Waals surface area contributed by atoms with Gasteiger partial charge in [-0.3, -0.25) is 0 Å². The number of hydrogen-bond acceptors (Lipinski definition) is 4. The average Bonchev–Trinajstić information content (AvgIpc) is 3.34. The molecule has 5 aromatic rings. The largest absolute Gasteiger partial charge is 0.493 e. The number of aromatic amines is 1. The summed E-state index contributed by atoms with van der Waals surface area (Å²) in [5.74, 6) is -0.0856. The number of carboxylic acid groups (broad SMARTS) is 1. The molecule has 0 radical (unpaired) electrons. The molecule has 1 aliphatic heterocycles. The van der Waals surface area contributed by atoms with Crippen LogP contribution in [0, 0.1) is 0 Å². The number of nitrogens with one attached hydrogen (secondary N) is 1. The van der Waals surface area contributed by atoms with Gasteiger partial charge in [-0.15, -0.1) is 0 Å². The molecule has 1 fully saturated rings. The van der Waals surface area contributed by atoms with E-state index in [0.717, 1.165) is 75.6 Å². The van der Waals surface area contributed by atoms with Gasteiger partial charge in [-0.1, -0.05) is 66.2 Å². The van der Waals surface area contributed by atoms with Gasteiger partial charge in [0.05, 0.1) is 17.8 Å². The topological polar surface area (TPSA) is 68.8 Å². The number of H-pyrrole nitrogens is 1. The zero-order chi connectivity index (χ0) is 26.8. The number of carbonyl (C=O) groups is 1. The Morgan fingerprint density at radius 1 is 0.872 bits per heavy atom. The van der Waals surface area contributed by atoms with Crippen LogP contribution in [-0.4, -0.2) is 48.8 Å². The van der Waals surface area contributed by atoms with Crippen molar-refractivity contribution in [3.8, 4) is 5.75 Å². The number of para-hydroxylation sites is 1. The van der Waals surface area contributed by atoms with Gasteiger partial charge in [0.1, 0.15) is 11.4 Å². The first-order valence-corrected chi connectivity index (χ1v) is 13.7. The van der Waals surface area contributed by atoms with Gasteiger partial charge in [0, 0.05) is 47.7 Å². The fourth-order valence-electron chi connectivity index (χ4n) is 5.59. The van der Waals surface area contributed by atoms with Crippen molar-refractivity contribution < 1.29 is 14.6 Å². The van der Waals surface area contributed by atoms with Gasteiger partial charge >= 0.3 is 5.97 Å². The minimum atomic E-state index is -0.937. The Kier molecular flexibility index (Phi) is 7.03. The summed E-state index contributed by atoms with van der Waals surface area (Å²) in [5, 5.41) is 13.9. The fraction of sp³-hybridized carbons (Fsp3) is 0.219. The van der Waals surface area contributed by atoms with Crippen LogP contribution in [0.15, 0.2) is 84.9 Å². The lowest BCUT2D eigenvalue weighted by molar-refractivity contribution is 0.0690. The number of rotatable bonds is 8. The molecule has 0 bridgehead atoms. The standard InChI is InChI=1S/C32H30ClN3O3/c33-23-9-4-10-24(21-23)35-16-18-36(19-17-35)28-14-5-12-26-27(31(32(37)38)34-30(26)28)13-6-20-39-29-15-3-8-22-7-1-2-11-25(22)29/h1-5,7-12,14-15,21,34H,6,13,16-20H2,(H,37,38). The van der Waals surface area contributed by atoms with Gasteiger partial charge in [-0.05, 0) is 54.1 Å². The van der Waals surface area contributed by atoms with Crippen molar-refractivity contribution in [3.63, 3.8) is 0 Å². The highest BCUT2D eigenvalue weighted by molar-refractivity contribution is 6.30. The Bertz CT molecular complexity index is 1630. The fourth-order valence-corrected chi connectivity index (χ4v) is 5.78. The molecule has 0 spiro atoms. The van der Waals surface area contributed by atoms with Gasteiger partial charge in [0.15, 0.2) is 0 Å². The minimum Gasteiger partial charge on any atom is -0.493 e. The van der Waals surface area contributed by atoms with Crippen molar-refractivity contribution in [2.75, 3.05) is 42.6 Å². The highest BCUT2D eigenvalue weighted by Gasteiger charge is 2.23. The number of aromatic nitrogens is 1. The molecule has 1 saturated heterocycles. The molecular weight excluding hydrogens is 510 g/mol. The number of nitrogens with zero attached hydrogens (tertiary/aromatic N) is 2. The number of benzene rings is 4. The number of halogens is 1. The van der Waals surface area contributed by atoms with E-state index in [2.05, 4.69) is 45.1 Å². The molecule has 0 amide bonds. The Morgan fingerprint density at radius 3 is 2.41 bits per heavy atom. The first kappa shape index (κ1) is 25.1. The van der Waals surface area contributed by atoms with Crippen LogP contribution in [0.25, 0.3) is 21.7 Å². The normalized spacial score (nSPS) is 13.8. The molecule has 0 unspecified atom stereocenters. The lowest BCUT2D eigenvalue weighted by Crippen LogP contribution is -2.46. The lowest BCUT2D eigenvalue weighted by Gasteiger charge is -2.37. The third-order valence-corrected chi connectivity index (χ3v) is 7.74. The van der Waals surface area contributed by atoms with Crippen LogP contribution >= 0.6 is 11.6 Å². The molecule has 2 heterocycles. The number of aromatic carboxylic acids is 1. The van der Waals surface area contributed by atoms with E-state index in [1.165, 1.54) is 0 Å². The number of fused-ring (bicyclic) bond motifs is 2. The van der Waals surface area contributed by atoms with Crippen LogP contribution in [0.4, 0.5) is 11.4 Å². The monoisotopic (exact) mass is 539 g/mol. The van der Waals surface area contributed by atoms with E-state index in [-0.39, 0.29) is 5.69 Å². The molecule has 0 saturated carbocycles. The molecule has 1 aromatic heterocycles. The van der Waals surface area contributed by atoms with Gasteiger partial charge < -0.3 is 24.6 Å². The summed E-state index contributed by atoms with van der Waals surface area (Å²) in [6.07, 6.45) is 1.32. The average molecular weight is 540 g/mol. The molecule has 6 nitrogen and oxygen atoms in total. The quantitative estimate of drug-likeness (QED) is 0.208. The van der Waals surface area contributed by atoms with E-state index in [9.17, 15) is 9.90 Å². The van der Waals surface area contributed by atoms with Crippen molar-refractivity contribution in [2.24, 2.45) is 0 Å². The van der Waals surface area contributed by atoms with E-state index in [0.29, 0.717) is 19.4 Å². The lowest BCUT2D eigenvalue weighted by atomic mass is 10.0. The second kappa shape index (κ2) is 10.9. The summed E-state index contributed by atoms with van der Waals surface area (Å²) in [5.41, 5.74) is 4.15. The summed E-state index contributed by atoms with van der Waals surface area (Å²) >= 11 is 6.20. The molecule has 7 heteroatoms. The molecule has 6 rings (SSSR count). The van der Waals surface area contributed by atoms with E-state index in [1.807, 2.05) is 54.6 Å². The third-order valence-electron chi connectivity index (χ3n) is 7.51. The molecular formula is C32H30ClN3O3. The van der Waals surface area contributed by atoms with Gasteiger partial charge in [-0.2, -0.15) is 0 Å². The van der Waals surface area contributed by atoms with Crippen molar-refractivity contribution in [1.82, 2.24) is 4.98 Å². The van der Waals surface area contributed by atoms with E-state index < -0.39 is 5.97 Å². The summed E-state index contributed by atoms with van der Waals surface area (Å²) in [4.78, 5) is 20.1. The van der Waals surface area contributed by atoms with Crippen molar-refractivity contribution in [2.45, 2.75) is 12.8 Å². The van der Waals surface area contributed by atoms with Crippen LogP contribution < -0.4 is 14.5 Å². The van der Waals surface area contributed by atoms with E-state index in [1.54, 1.807) is 0 Å². The molecule has 0 atom stereocenters. The Morgan fingerprint density at radius 2 is 1.59 bits per heavy atom.